The minimum atomic E-state index is -0.467. The molecule has 0 unspecified atom stereocenters. The maximum absolute atomic E-state index is 13.6. The second kappa shape index (κ2) is 9.59. The van der Waals surface area contributed by atoms with Crippen molar-refractivity contribution in [3.63, 3.8) is 0 Å². The zero-order chi connectivity index (χ0) is 25.4. The summed E-state index contributed by atoms with van der Waals surface area (Å²) in [6.07, 6.45) is 7.67. The van der Waals surface area contributed by atoms with Gasteiger partial charge in [-0.05, 0) is 70.1 Å². The van der Waals surface area contributed by atoms with E-state index in [-0.39, 0.29) is 5.02 Å². The summed E-state index contributed by atoms with van der Waals surface area (Å²) < 4.78 is 15.6. The molecule has 0 saturated heterocycles. The van der Waals surface area contributed by atoms with Gasteiger partial charge >= 0.3 is 0 Å². The molecule has 3 aromatic heterocycles. The molecular weight excluding hydrogens is 501 g/mol. The number of imidazole rings is 1. The Morgan fingerprint density at radius 3 is 2.30 bits per heavy atom. The minimum Gasteiger partial charge on any atom is -0.339 e. The van der Waals surface area contributed by atoms with Crippen LogP contribution in [0.5, 0.6) is 0 Å². The van der Waals surface area contributed by atoms with Crippen molar-refractivity contribution in [2.75, 3.05) is 5.32 Å². The number of hydrogen-bond donors (Lipinski definition) is 1. The number of aromatic nitrogens is 2. The smallest absolute Gasteiger partial charge is 0.144 e. The molecule has 0 radical (unpaired) electrons. The Kier molecular flexibility index (Phi) is 5.97. The summed E-state index contributed by atoms with van der Waals surface area (Å²) in [5.74, 6) is 2.99. The highest BCUT2D eigenvalue weighted by atomic mass is 35.5. The monoisotopic (exact) mass is 519 g/mol. The average molecular weight is 520 g/mol. The van der Waals surface area contributed by atoms with Crippen LogP contribution in [0.3, 0.4) is 0 Å². The highest BCUT2D eigenvalue weighted by Crippen LogP contribution is 2.37. The largest absolute Gasteiger partial charge is 0.339 e. The number of anilines is 2. The fourth-order valence-corrected chi connectivity index (χ4v) is 5.15. The number of nitrogens with zero attached hydrogens (tertiary/aromatic N) is 2. The molecule has 2 aliphatic rings. The van der Waals surface area contributed by atoms with Gasteiger partial charge in [-0.15, -0.1) is 17.8 Å². The van der Waals surface area contributed by atoms with Gasteiger partial charge in [-0.2, -0.15) is 0 Å². The Balaban J connectivity index is 0.000000364. The van der Waals surface area contributed by atoms with Gasteiger partial charge in [0.05, 0.1) is 9.90 Å². The number of pyridine rings is 1. The standard InChI is InChI=1S/C25H15ClFN3S.C6H4/c1-2-16-11-13-31-24(16)23-25(28-19-8-9-21(27)20(26)15-19)30-12-10-18(14-22(30)29-23)17-6-4-3-5-7-17;1-2-5-4-6(5)3-1/h1,3-15,28H;1-4H. The van der Waals surface area contributed by atoms with E-state index in [1.807, 2.05) is 52.4 Å². The predicted molar refractivity (Wildman–Crippen MR) is 152 cm³/mol. The molecule has 3 nitrogen and oxygen atoms in total. The first-order valence-electron chi connectivity index (χ1n) is 11.6. The molecule has 0 spiro atoms. The summed E-state index contributed by atoms with van der Waals surface area (Å²) in [6.45, 7) is 0. The Morgan fingerprint density at radius 1 is 0.865 bits per heavy atom. The first-order valence-corrected chi connectivity index (χ1v) is 12.8. The molecule has 3 heterocycles. The summed E-state index contributed by atoms with van der Waals surface area (Å²) in [4.78, 5) is 5.79. The van der Waals surface area contributed by atoms with Gasteiger partial charge in [-0.25, -0.2) is 9.37 Å². The lowest BCUT2D eigenvalue weighted by molar-refractivity contribution is 0.628. The van der Waals surface area contributed by atoms with E-state index in [1.54, 1.807) is 12.1 Å². The number of fused-ring (bicyclic) bond motifs is 2. The molecule has 0 amide bonds. The van der Waals surface area contributed by atoms with E-state index in [9.17, 15) is 4.39 Å². The van der Waals surface area contributed by atoms with E-state index < -0.39 is 5.82 Å². The summed E-state index contributed by atoms with van der Waals surface area (Å²) in [5, 5.41) is 5.35. The number of terminal acetylenes is 1. The lowest BCUT2D eigenvalue weighted by atomic mass is 10.1. The zero-order valence-electron chi connectivity index (χ0n) is 19.5. The molecule has 0 saturated carbocycles. The number of thiophene rings is 1. The lowest BCUT2D eigenvalue weighted by Crippen LogP contribution is -1.97. The molecule has 0 fully saturated rings. The van der Waals surface area contributed by atoms with Crippen molar-refractivity contribution >= 4 is 40.1 Å². The third-order valence-corrected chi connectivity index (χ3v) is 7.27. The number of benzene rings is 3. The van der Waals surface area contributed by atoms with Crippen molar-refractivity contribution in [3.05, 3.63) is 119 Å². The van der Waals surface area contributed by atoms with E-state index in [0.717, 1.165) is 38.7 Å². The third kappa shape index (κ3) is 4.61. The van der Waals surface area contributed by atoms with Crippen LogP contribution in [0.1, 0.15) is 5.56 Å². The number of hydrogen-bond acceptors (Lipinski definition) is 3. The van der Waals surface area contributed by atoms with Gasteiger partial charge in [-0.1, -0.05) is 66.1 Å². The molecule has 2 aliphatic carbocycles. The number of nitrogens with one attached hydrogen (secondary N) is 1. The second-order valence-electron chi connectivity index (χ2n) is 8.46. The molecule has 6 heteroatoms. The summed E-state index contributed by atoms with van der Waals surface area (Å²) in [7, 11) is 0. The minimum absolute atomic E-state index is 0.0483. The molecule has 1 N–H and O–H groups in total. The van der Waals surface area contributed by atoms with Crippen LogP contribution in [0.15, 0.2) is 103 Å². The highest BCUT2D eigenvalue weighted by molar-refractivity contribution is 7.13. The van der Waals surface area contributed by atoms with E-state index in [4.69, 9.17) is 23.0 Å². The molecule has 37 heavy (non-hydrogen) atoms. The van der Waals surface area contributed by atoms with Crippen LogP contribution >= 0.6 is 22.9 Å². The van der Waals surface area contributed by atoms with Crippen LogP contribution in [0.25, 0.3) is 38.5 Å². The van der Waals surface area contributed by atoms with E-state index in [0.29, 0.717) is 5.69 Å². The molecule has 0 bridgehead atoms. The molecule has 7 rings (SSSR count). The fourth-order valence-electron chi connectivity index (χ4n) is 4.13. The zero-order valence-corrected chi connectivity index (χ0v) is 21.0. The SMILES string of the molecule is C#Cc1ccsc1-c1nc2cc(-c3ccccc3)ccn2c1Nc1ccc(F)c(Cl)c1.c1cc2cc-2c1. The van der Waals surface area contributed by atoms with Gasteiger partial charge in [0.25, 0.3) is 0 Å². The van der Waals surface area contributed by atoms with Crippen LogP contribution in [-0.4, -0.2) is 9.38 Å². The van der Waals surface area contributed by atoms with Crippen LogP contribution in [0.4, 0.5) is 15.9 Å². The van der Waals surface area contributed by atoms with Gasteiger partial charge in [0.1, 0.15) is 23.0 Å². The van der Waals surface area contributed by atoms with Crippen molar-refractivity contribution in [2.24, 2.45) is 0 Å². The molecule has 178 valence electrons. The molecular formula is C31H19ClFN3S. The number of halogens is 2. The topological polar surface area (TPSA) is 29.3 Å². The Labute approximate surface area is 222 Å². The van der Waals surface area contributed by atoms with Gasteiger partial charge in [-0.3, -0.25) is 4.40 Å². The van der Waals surface area contributed by atoms with Gasteiger partial charge in [0.15, 0.2) is 0 Å². The van der Waals surface area contributed by atoms with Crippen molar-refractivity contribution in [2.45, 2.75) is 0 Å². The first-order chi connectivity index (χ1) is 18.1. The van der Waals surface area contributed by atoms with Crippen LogP contribution in [0, 0.1) is 18.2 Å². The first kappa shape index (κ1) is 23.1. The predicted octanol–water partition coefficient (Wildman–Crippen LogP) is 8.91. The summed E-state index contributed by atoms with van der Waals surface area (Å²) in [5.41, 5.74) is 7.94. The van der Waals surface area contributed by atoms with Gasteiger partial charge < -0.3 is 5.32 Å². The second-order valence-corrected chi connectivity index (χ2v) is 9.78. The van der Waals surface area contributed by atoms with Crippen molar-refractivity contribution in [1.82, 2.24) is 9.38 Å². The molecule has 0 atom stereocenters. The van der Waals surface area contributed by atoms with Crippen molar-refractivity contribution < 1.29 is 4.39 Å². The quantitative estimate of drug-likeness (QED) is 0.235. The van der Waals surface area contributed by atoms with Crippen LogP contribution < -0.4 is 5.32 Å². The fraction of sp³-hybridized carbons (Fsp3) is 0. The third-order valence-electron chi connectivity index (χ3n) is 6.06. The Bertz CT molecular complexity index is 1780. The Hall–Kier alpha value is -4.37. The van der Waals surface area contributed by atoms with E-state index in [2.05, 4.69) is 47.6 Å². The van der Waals surface area contributed by atoms with Gasteiger partial charge in [0, 0.05) is 17.4 Å². The molecule has 5 aromatic rings. The van der Waals surface area contributed by atoms with Crippen LogP contribution in [-0.2, 0) is 0 Å². The van der Waals surface area contributed by atoms with Crippen molar-refractivity contribution in [3.8, 4) is 45.2 Å². The summed E-state index contributed by atoms with van der Waals surface area (Å²) >= 11 is 7.51. The number of rotatable bonds is 4. The lowest BCUT2D eigenvalue weighted by Gasteiger charge is -2.10. The normalized spacial score (nSPS) is 10.9. The maximum atomic E-state index is 13.6. The molecule has 0 aliphatic heterocycles. The molecule has 2 aromatic carbocycles. The van der Waals surface area contributed by atoms with Gasteiger partial charge in [0.2, 0.25) is 0 Å². The van der Waals surface area contributed by atoms with E-state index >= 15 is 0 Å². The summed E-state index contributed by atoms with van der Waals surface area (Å²) in [6, 6.07) is 29.1. The Morgan fingerprint density at radius 2 is 1.62 bits per heavy atom. The van der Waals surface area contributed by atoms with Crippen molar-refractivity contribution in [1.29, 1.82) is 0 Å². The maximum Gasteiger partial charge on any atom is 0.144 e. The highest BCUT2D eigenvalue weighted by Gasteiger charge is 2.19. The van der Waals surface area contributed by atoms with E-state index in [1.165, 1.54) is 28.5 Å². The van der Waals surface area contributed by atoms with Crippen LogP contribution in [0.2, 0.25) is 5.02 Å². The average Bonchev–Trinajstić information content (AvgIpc) is 3.27.